The largest absolute Gasteiger partial charge is 0.495 e. The Hall–Kier alpha value is -2.60. The number of anilines is 1. The molecule has 0 spiro atoms. The molecule has 1 amide bonds. The van der Waals surface area contributed by atoms with Gasteiger partial charge in [-0.2, -0.15) is 4.80 Å². The predicted octanol–water partition coefficient (Wildman–Crippen LogP) is 3.74. The lowest BCUT2D eigenvalue weighted by Gasteiger charge is -2.06. The third-order valence-corrected chi connectivity index (χ3v) is 3.98. The molecule has 1 heterocycles. The summed E-state index contributed by atoms with van der Waals surface area (Å²) in [6.07, 6.45) is 0.425. The molecule has 0 aliphatic rings. The van der Waals surface area contributed by atoms with Gasteiger partial charge in [0.25, 0.3) is 0 Å². The van der Waals surface area contributed by atoms with E-state index in [0.717, 1.165) is 22.5 Å². The number of rotatable bonds is 4. The van der Waals surface area contributed by atoms with Crippen LogP contribution in [0, 0.1) is 6.92 Å². The summed E-state index contributed by atoms with van der Waals surface area (Å²) in [5, 5.41) is 12.3. The van der Waals surface area contributed by atoms with Crippen LogP contribution in [0.4, 0.5) is 5.69 Å². The molecular weight excluding hydrogens is 328 g/mol. The van der Waals surface area contributed by atoms with E-state index in [1.165, 1.54) is 4.80 Å². The number of amides is 1. The highest BCUT2D eigenvalue weighted by molar-refractivity contribution is 6.32. The molecule has 1 N–H and O–H groups in total. The molecule has 0 aliphatic heterocycles. The summed E-state index contributed by atoms with van der Waals surface area (Å²) in [4.78, 5) is 13.1. The molecule has 24 heavy (non-hydrogen) atoms. The van der Waals surface area contributed by atoms with E-state index in [2.05, 4.69) is 15.5 Å². The normalized spacial score (nSPS) is 10.8. The highest BCUT2D eigenvalue weighted by Crippen LogP contribution is 2.27. The Bertz CT molecular complexity index is 920. The Labute approximate surface area is 144 Å². The van der Waals surface area contributed by atoms with E-state index in [4.69, 9.17) is 16.3 Å². The molecule has 3 rings (SSSR count). The molecule has 0 unspecified atom stereocenters. The number of carbonyl (C=O) groups is 1. The Kier molecular flexibility index (Phi) is 4.40. The first-order valence-electron chi connectivity index (χ1n) is 7.53. The van der Waals surface area contributed by atoms with Gasteiger partial charge in [-0.25, -0.2) is 0 Å². The number of fused-ring (bicyclic) bond motifs is 1. The standard InChI is InChI=1S/C17H17ClN4O2/c1-4-17(23)19-13-9-15-14(7-10(13)2)20-22(21-15)11-5-6-16(24-3)12(18)8-11/h5-9H,4H2,1-3H3,(H,19,23). The minimum atomic E-state index is -0.0354. The van der Waals surface area contributed by atoms with Crippen molar-refractivity contribution in [2.45, 2.75) is 20.3 Å². The quantitative estimate of drug-likeness (QED) is 0.782. The second-order valence-corrected chi connectivity index (χ2v) is 5.77. The second-order valence-electron chi connectivity index (χ2n) is 5.37. The minimum Gasteiger partial charge on any atom is -0.495 e. The van der Waals surface area contributed by atoms with Crippen molar-refractivity contribution in [3.05, 3.63) is 40.9 Å². The summed E-state index contributed by atoms with van der Waals surface area (Å²) in [7, 11) is 1.57. The van der Waals surface area contributed by atoms with Crippen molar-refractivity contribution in [3.8, 4) is 11.4 Å². The fourth-order valence-corrected chi connectivity index (χ4v) is 2.59. The van der Waals surface area contributed by atoms with Gasteiger partial charge in [0.05, 0.1) is 17.8 Å². The average Bonchev–Trinajstić information content (AvgIpc) is 2.97. The minimum absolute atomic E-state index is 0.0354. The highest BCUT2D eigenvalue weighted by Gasteiger charge is 2.11. The molecule has 0 atom stereocenters. The number of methoxy groups -OCH3 is 1. The lowest BCUT2D eigenvalue weighted by molar-refractivity contribution is -0.115. The van der Waals surface area contributed by atoms with Crippen molar-refractivity contribution < 1.29 is 9.53 Å². The van der Waals surface area contributed by atoms with Gasteiger partial charge in [-0.05, 0) is 42.8 Å². The zero-order valence-electron chi connectivity index (χ0n) is 13.6. The van der Waals surface area contributed by atoms with Crippen LogP contribution in [0.1, 0.15) is 18.9 Å². The Morgan fingerprint density at radius 3 is 2.58 bits per heavy atom. The van der Waals surface area contributed by atoms with Crippen LogP contribution >= 0.6 is 11.6 Å². The van der Waals surface area contributed by atoms with Gasteiger partial charge < -0.3 is 10.1 Å². The maximum atomic E-state index is 11.6. The van der Waals surface area contributed by atoms with Crippen molar-refractivity contribution in [3.63, 3.8) is 0 Å². The molecular formula is C17H17ClN4O2. The third kappa shape index (κ3) is 3.05. The first-order valence-corrected chi connectivity index (χ1v) is 7.91. The molecule has 2 aromatic carbocycles. The van der Waals surface area contributed by atoms with Crippen LogP contribution in [-0.4, -0.2) is 28.0 Å². The number of ether oxygens (including phenoxy) is 1. The van der Waals surface area contributed by atoms with Crippen LogP contribution in [0.2, 0.25) is 5.02 Å². The van der Waals surface area contributed by atoms with Crippen molar-refractivity contribution in [2.24, 2.45) is 0 Å². The molecule has 0 saturated heterocycles. The molecule has 7 heteroatoms. The molecule has 0 saturated carbocycles. The number of benzene rings is 2. The highest BCUT2D eigenvalue weighted by atomic mass is 35.5. The Morgan fingerprint density at radius 2 is 1.96 bits per heavy atom. The summed E-state index contributed by atoms with van der Waals surface area (Å²) in [6.45, 7) is 3.74. The van der Waals surface area contributed by atoms with Crippen molar-refractivity contribution in [2.75, 3.05) is 12.4 Å². The van der Waals surface area contributed by atoms with Gasteiger partial charge in [-0.1, -0.05) is 18.5 Å². The van der Waals surface area contributed by atoms with Crippen LogP contribution in [-0.2, 0) is 4.79 Å². The van der Waals surface area contributed by atoms with E-state index in [0.29, 0.717) is 22.7 Å². The lowest BCUT2D eigenvalue weighted by Crippen LogP contribution is -2.10. The van der Waals surface area contributed by atoms with E-state index in [-0.39, 0.29) is 5.91 Å². The maximum absolute atomic E-state index is 11.6. The first kappa shape index (κ1) is 16.3. The van der Waals surface area contributed by atoms with Gasteiger partial charge >= 0.3 is 0 Å². The number of aryl methyl sites for hydroxylation is 1. The average molecular weight is 345 g/mol. The fourth-order valence-electron chi connectivity index (χ4n) is 2.34. The van der Waals surface area contributed by atoms with Crippen LogP contribution in [0.3, 0.4) is 0 Å². The van der Waals surface area contributed by atoms with E-state index >= 15 is 0 Å². The predicted molar refractivity (Wildman–Crippen MR) is 94.1 cm³/mol. The van der Waals surface area contributed by atoms with Crippen molar-refractivity contribution in [1.82, 2.24) is 15.0 Å². The van der Waals surface area contributed by atoms with E-state index in [9.17, 15) is 4.79 Å². The molecule has 0 radical (unpaired) electrons. The zero-order chi connectivity index (χ0) is 17.3. The summed E-state index contributed by atoms with van der Waals surface area (Å²) >= 11 is 6.16. The van der Waals surface area contributed by atoms with E-state index in [1.54, 1.807) is 19.2 Å². The summed E-state index contributed by atoms with van der Waals surface area (Å²) < 4.78 is 5.15. The van der Waals surface area contributed by atoms with Gasteiger partial charge in [0.15, 0.2) is 0 Å². The third-order valence-electron chi connectivity index (χ3n) is 3.69. The molecule has 124 valence electrons. The first-order chi connectivity index (χ1) is 11.5. The number of halogens is 1. The topological polar surface area (TPSA) is 69.0 Å². The number of carbonyl (C=O) groups excluding carboxylic acids is 1. The molecule has 6 nitrogen and oxygen atoms in total. The molecule has 1 aromatic heterocycles. The van der Waals surface area contributed by atoms with Gasteiger partial charge in [0.2, 0.25) is 5.91 Å². The van der Waals surface area contributed by atoms with E-state index in [1.807, 2.05) is 32.0 Å². The fraction of sp³-hybridized carbons (Fsp3) is 0.235. The number of aromatic nitrogens is 3. The van der Waals surface area contributed by atoms with Crippen molar-refractivity contribution in [1.29, 1.82) is 0 Å². The van der Waals surface area contributed by atoms with Gasteiger partial charge in [0, 0.05) is 12.1 Å². The number of nitrogens with zero attached hydrogens (tertiary/aromatic N) is 3. The lowest BCUT2D eigenvalue weighted by atomic mass is 10.1. The SMILES string of the molecule is CCC(=O)Nc1cc2nn(-c3ccc(OC)c(Cl)c3)nc2cc1C. The summed E-state index contributed by atoms with van der Waals surface area (Å²) in [5.74, 6) is 0.560. The van der Waals surface area contributed by atoms with Crippen LogP contribution < -0.4 is 10.1 Å². The number of nitrogens with one attached hydrogen (secondary N) is 1. The van der Waals surface area contributed by atoms with Gasteiger partial charge in [-0.15, -0.1) is 10.2 Å². The molecule has 0 bridgehead atoms. The number of hydrogen-bond acceptors (Lipinski definition) is 4. The van der Waals surface area contributed by atoms with Crippen LogP contribution in [0.15, 0.2) is 30.3 Å². The Balaban J connectivity index is 2.02. The second kappa shape index (κ2) is 6.49. The monoisotopic (exact) mass is 344 g/mol. The smallest absolute Gasteiger partial charge is 0.224 e. The molecule has 0 aliphatic carbocycles. The Morgan fingerprint density at radius 1 is 1.25 bits per heavy atom. The van der Waals surface area contributed by atoms with E-state index < -0.39 is 0 Å². The van der Waals surface area contributed by atoms with Gasteiger partial charge in [-0.3, -0.25) is 4.79 Å². The van der Waals surface area contributed by atoms with Crippen LogP contribution in [0.5, 0.6) is 5.75 Å². The van der Waals surface area contributed by atoms with Crippen LogP contribution in [0.25, 0.3) is 16.7 Å². The van der Waals surface area contributed by atoms with Crippen molar-refractivity contribution >= 4 is 34.2 Å². The summed E-state index contributed by atoms with van der Waals surface area (Å²) in [5.41, 5.74) is 3.85. The maximum Gasteiger partial charge on any atom is 0.224 e. The molecule has 3 aromatic rings. The van der Waals surface area contributed by atoms with Gasteiger partial charge in [0.1, 0.15) is 16.8 Å². The zero-order valence-corrected chi connectivity index (χ0v) is 14.4. The molecule has 0 fully saturated rings. The number of hydrogen-bond donors (Lipinski definition) is 1. The summed E-state index contributed by atoms with van der Waals surface area (Å²) in [6, 6.07) is 9.06.